The molecule has 1 aliphatic heterocycles. The summed E-state index contributed by atoms with van der Waals surface area (Å²) in [6.07, 6.45) is 2.65. The third kappa shape index (κ3) is 6.66. The van der Waals surface area contributed by atoms with Crippen LogP contribution in [0.15, 0.2) is 42.6 Å². The van der Waals surface area contributed by atoms with E-state index in [9.17, 15) is 9.18 Å². The smallest absolute Gasteiger partial charge is 0.239 e. The number of anilines is 4. The normalized spacial score (nSPS) is 14.8. The van der Waals surface area contributed by atoms with Gasteiger partial charge in [0.1, 0.15) is 11.6 Å². The Bertz CT molecular complexity index is 1220. The Morgan fingerprint density at radius 1 is 1.11 bits per heavy atom. The van der Waals surface area contributed by atoms with E-state index in [2.05, 4.69) is 42.7 Å². The van der Waals surface area contributed by atoms with Gasteiger partial charge >= 0.3 is 0 Å². The van der Waals surface area contributed by atoms with Crippen molar-refractivity contribution in [1.29, 1.82) is 0 Å². The maximum Gasteiger partial charge on any atom is 0.239 e. The molecule has 0 aliphatic carbocycles. The van der Waals surface area contributed by atoms with Gasteiger partial charge in [-0.25, -0.2) is 9.37 Å². The van der Waals surface area contributed by atoms with Crippen molar-refractivity contribution >= 4 is 40.5 Å². The lowest BCUT2D eigenvalue weighted by molar-refractivity contribution is -0.117. The lowest BCUT2D eigenvalue weighted by Gasteiger charge is -2.19. The van der Waals surface area contributed by atoms with Gasteiger partial charge in [0, 0.05) is 55.7 Å². The van der Waals surface area contributed by atoms with Gasteiger partial charge in [-0.05, 0) is 56.9 Å². The first-order valence-electron chi connectivity index (χ1n) is 11.7. The molecule has 0 spiro atoms. The van der Waals surface area contributed by atoms with Crippen molar-refractivity contribution in [2.45, 2.75) is 6.42 Å². The van der Waals surface area contributed by atoms with Crippen molar-refractivity contribution in [1.82, 2.24) is 25.0 Å². The Hall–Kier alpha value is -3.34. The van der Waals surface area contributed by atoms with Crippen LogP contribution in [0.2, 0.25) is 5.02 Å². The summed E-state index contributed by atoms with van der Waals surface area (Å²) in [5.41, 5.74) is 1.89. The first-order chi connectivity index (χ1) is 17.3. The number of likely N-dealkylation sites (N-methyl/N-ethyl adjacent to an activating group) is 1. The van der Waals surface area contributed by atoms with Gasteiger partial charge in [0.05, 0.1) is 17.9 Å². The summed E-state index contributed by atoms with van der Waals surface area (Å²) in [5.74, 6) is 0.450. The Morgan fingerprint density at radius 3 is 2.75 bits per heavy atom. The van der Waals surface area contributed by atoms with Gasteiger partial charge in [0.15, 0.2) is 5.82 Å². The maximum absolute atomic E-state index is 14.4. The molecule has 4 rings (SSSR count). The molecule has 1 amide bonds. The second-order valence-electron chi connectivity index (χ2n) is 9.02. The number of rotatable bonds is 7. The summed E-state index contributed by atoms with van der Waals surface area (Å²) in [6, 6.07) is 9.54. The molecule has 0 atom stereocenters. The SMILES string of the molecule is CN1CCCN(CC(=O)Nc2cc(Nc3cc(-c4cc(Cl)ccc4F)nnc3N(C)C)ccn2)CC1. The molecule has 11 heteroatoms. The minimum Gasteiger partial charge on any atom is -0.360 e. The predicted octanol–water partition coefficient (Wildman–Crippen LogP) is 3.72. The Labute approximate surface area is 215 Å². The second kappa shape index (κ2) is 11.6. The molecule has 0 radical (unpaired) electrons. The predicted molar refractivity (Wildman–Crippen MR) is 141 cm³/mol. The Morgan fingerprint density at radius 2 is 1.94 bits per heavy atom. The number of carbonyl (C=O) groups is 1. The first kappa shape index (κ1) is 25.7. The van der Waals surface area contributed by atoms with E-state index in [4.69, 9.17) is 11.6 Å². The summed E-state index contributed by atoms with van der Waals surface area (Å²) < 4.78 is 14.4. The third-order valence-corrected chi connectivity index (χ3v) is 6.12. The van der Waals surface area contributed by atoms with Gasteiger partial charge in [-0.3, -0.25) is 9.69 Å². The van der Waals surface area contributed by atoms with Crippen LogP contribution in [0.25, 0.3) is 11.3 Å². The van der Waals surface area contributed by atoms with Crippen LogP contribution in [0, 0.1) is 5.82 Å². The number of carbonyl (C=O) groups excluding carboxylic acids is 1. The molecule has 1 fully saturated rings. The molecular weight excluding hydrogens is 483 g/mol. The molecule has 0 saturated carbocycles. The summed E-state index contributed by atoms with van der Waals surface area (Å²) in [4.78, 5) is 23.2. The molecule has 190 valence electrons. The molecule has 2 N–H and O–H groups in total. The molecule has 3 aromatic rings. The highest BCUT2D eigenvalue weighted by atomic mass is 35.5. The fraction of sp³-hybridized carbons (Fsp3) is 0.360. The van der Waals surface area contributed by atoms with Crippen LogP contribution in [0.5, 0.6) is 0 Å². The zero-order chi connectivity index (χ0) is 25.7. The molecule has 0 bridgehead atoms. The number of benzene rings is 1. The van der Waals surface area contributed by atoms with E-state index >= 15 is 0 Å². The van der Waals surface area contributed by atoms with Crippen LogP contribution in [0.3, 0.4) is 0 Å². The van der Waals surface area contributed by atoms with Crippen LogP contribution < -0.4 is 15.5 Å². The molecule has 1 saturated heterocycles. The fourth-order valence-electron chi connectivity index (χ4n) is 4.01. The number of hydrogen-bond donors (Lipinski definition) is 2. The van der Waals surface area contributed by atoms with Crippen LogP contribution >= 0.6 is 11.6 Å². The quantitative estimate of drug-likeness (QED) is 0.495. The fourth-order valence-corrected chi connectivity index (χ4v) is 4.18. The Kier molecular flexibility index (Phi) is 8.29. The van der Waals surface area contributed by atoms with Gasteiger partial charge in [-0.2, -0.15) is 0 Å². The van der Waals surface area contributed by atoms with Crippen LogP contribution in [-0.2, 0) is 4.79 Å². The van der Waals surface area contributed by atoms with Gasteiger partial charge in [-0.15, -0.1) is 10.2 Å². The first-order valence-corrected chi connectivity index (χ1v) is 12.1. The van der Waals surface area contributed by atoms with E-state index in [-0.39, 0.29) is 11.5 Å². The van der Waals surface area contributed by atoms with Gasteiger partial charge in [0.25, 0.3) is 0 Å². The number of aromatic nitrogens is 3. The third-order valence-electron chi connectivity index (χ3n) is 5.89. The summed E-state index contributed by atoms with van der Waals surface area (Å²) in [6.45, 7) is 4.06. The van der Waals surface area contributed by atoms with Crippen molar-refractivity contribution in [2.24, 2.45) is 0 Å². The number of amides is 1. The molecule has 0 unspecified atom stereocenters. The highest BCUT2D eigenvalue weighted by molar-refractivity contribution is 6.30. The molecule has 36 heavy (non-hydrogen) atoms. The van der Waals surface area contributed by atoms with E-state index in [1.54, 1.807) is 29.3 Å². The highest BCUT2D eigenvalue weighted by Crippen LogP contribution is 2.31. The second-order valence-corrected chi connectivity index (χ2v) is 9.46. The van der Waals surface area contributed by atoms with Crippen LogP contribution in [0.1, 0.15) is 6.42 Å². The number of nitrogens with zero attached hydrogens (tertiary/aromatic N) is 6. The topological polar surface area (TPSA) is 89.5 Å². The average Bonchev–Trinajstić information content (AvgIpc) is 3.04. The van der Waals surface area contributed by atoms with Gasteiger partial charge < -0.3 is 20.4 Å². The zero-order valence-corrected chi connectivity index (χ0v) is 21.4. The van der Waals surface area contributed by atoms with Crippen molar-refractivity contribution in [3.8, 4) is 11.3 Å². The van der Waals surface area contributed by atoms with E-state index in [0.29, 0.717) is 40.3 Å². The lowest BCUT2D eigenvalue weighted by atomic mass is 10.1. The summed E-state index contributed by atoms with van der Waals surface area (Å²) in [5, 5.41) is 15.1. The van der Waals surface area contributed by atoms with E-state index < -0.39 is 5.82 Å². The van der Waals surface area contributed by atoms with Crippen molar-refractivity contribution in [2.75, 3.05) is 69.4 Å². The van der Waals surface area contributed by atoms with Gasteiger partial charge in [-0.1, -0.05) is 11.6 Å². The standard InChI is InChI=1S/C25H30ClFN8O/c1-33(2)25-22(15-21(31-32-25)19-13-17(26)5-6-20(19)27)29-18-7-8-28-23(14-18)30-24(36)16-35-10-4-9-34(3)11-12-35/h5-8,13-15H,4,9-12,16H2,1-3H3,(H2,28,29,30,31,36). The molecule has 1 aliphatic rings. The van der Waals surface area contributed by atoms with Crippen molar-refractivity contribution in [3.05, 3.63) is 53.4 Å². The summed E-state index contributed by atoms with van der Waals surface area (Å²) >= 11 is 6.07. The molecule has 3 heterocycles. The van der Waals surface area contributed by atoms with E-state index in [0.717, 1.165) is 32.6 Å². The highest BCUT2D eigenvalue weighted by Gasteiger charge is 2.17. The summed E-state index contributed by atoms with van der Waals surface area (Å²) in [7, 11) is 5.78. The number of hydrogen-bond acceptors (Lipinski definition) is 8. The van der Waals surface area contributed by atoms with Crippen LogP contribution in [0.4, 0.5) is 27.4 Å². The number of nitrogens with one attached hydrogen (secondary N) is 2. The number of pyridine rings is 1. The van der Waals surface area contributed by atoms with Crippen molar-refractivity contribution < 1.29 is 9.18 Å². The molecule has 9 nitrogen and oxygen atoms in total. The number of halogens is 2. The minimum atomic E-state index is -0.442. The van der Waals surface area contributed by atoms with E-state index in [1.165, 1.54) is 18.2 Å². The monoisotopic (exact) mass is 512 g/mol. The minimum absolute atomic E-state index is 0.109. The average molecular weight is 513 g/mol. The Balaban J connectivity index is 1.51. The zero-order valence-electron chi connectivity index (χ0n) is 20.6. The van der Waals surface area contributed by atoms with Crippen LogP contribution in [-0.4, -0.2) is 84.8 Å². The molecule has 2 aromatic heterocycles. The molecule has 1 aromatic carbocycles. The van der Waals surface area contributed by atoms with E-state index in [1.807, 2.05) is 14.1 Å². The molecular formula is C25H30ClFN8O. The largest absolute Gasteiger partial charge is 0.360 e. The van der Waals surface area contributed by atoms with Gasteiger partial charge in [0.2, 0.25) is 5.91 Å². The maximum atomic E-state index is 14.4. The van der Waals surface area contributed by atoms with Crippen molar-refractivity contribution in [3.63, 3.8) is 0 Å². The lowest BCUT2D eigenvalue weighted by Crippen LogP contribution is -2.36.